The minimum atomic E-state index is -3.34. The molecule has 4 nitrogen and oxygen atoms in total. The van der Waals surface area contributed by atoms with Crippen molar-refractivity contribution in [3.63, 3.8) is 0 Å². The first-order chi connectivity index (χ1) is 8.45. The molecule has 1 fully saturated rings. The summed E-state index contributed by atoms with van der Waals surface area (Å²) in [5.41, 5.74) is 1.79. The molecular weight excluding hydrogens is 248 g/mol. The largest absolute Gasteiger partial charge is 0.316 e. The lowest BCUT2D eigenvalue weighted by atomic mass is 10.2. The third-order valence-electron chi connectivity index (χ3n) is 3.52. The summed E-state index contributed by atoms with van der Waals surface area (Å²) in [6.07, 6.45) is 0.876. The molecule has 1 heterocycles. The molecule has 1 aromatic rings. The van der Waals surface area contributed by atoms with Crippen LogP contribution in [0.3, 0.4) is 0 Å². The fourth-order valence-electron chi connectivity index (χ4n) is 2.31. The topological polar surface area (TPSA) is 49.4 Å². The Morgan fingerprint density at radius 3 is 2.67 bits per heavy atom. The molecule has 18 heavy (non-hydrogen) atoms. The Labute approximate surface area is 109 Å². The highest BCUT2D eigenvalue weighted by Gasteiger charge is 2.32. The van der Waals surface area contributed by atoms with E-state index in [0.29, 0.717) is 18.0 Å². The van der Waals surface area contributed by atoms with E-state index in [-0.39, 0.29) is 6.04 Å². The second-order valence-electron chi connectivity index (χ2n) is 4.91. The van der Waals surface area contributed by atoms with E-state index in [0.717, 1.165) is 17.5 Å². The van der Waals surface area contributed by atoms with Crippen LogP contribution in [0.15, 0.2) is 23.1 Å². The van der Waals surface area contributed by atoms with Gasteiger partial charge in [-0.15, -0.1) is 0 Å². The van der Waals surface area contributed by atoms with Gasteiger partial charge in [-0.05, 0) is 44.5 Å². The molecule has 100 valence electrons. The summed E-state index contributed by atoms with van der Waals surface area (Å²) in [5.74, 6) is 0. The second kappa shape index (κ2) is 4.99. The van der Waals surface area contributed by atoms with Gasteiger partial charge in [0, 0.05) is 19.1 Å². The maximum atomic E-state index is 12.6. The van der Waals surface area contributed by atoms with E-state index in [1.807, 2.05) is 33.0 Å². The zero-order valence-corrected chi connectivity index (χ0v) is 11.9. The average Bonchev–Trinajstić information content (AvgIpc) is 2.81. The van der Waals surface area contributed by atoms with Crippen molar-refractivity contribution in [3.8, 4) is 0 Å². The third-order valence-corrected chi connectivity index (χ3v) is 5.53. The van der Waals surface area contributed by atoms with Crippen molar-refractivity contribution in [2.24, 2.45) is 0 Å². The molecule has 1 saturated heterocycles. The number of aryl methyl sites for hydroxylation is 2. The second-order valence-corrected chi connectivity index (χ2v) is 6.81. The van der Waals surface area contributed by atoms with E-state index >= 15 is 0 Å². The Balaban J connectivity index is 2.34. The molecule has 0 aliphatic carbocycles. The molecule has 5 heteroatoms. The molecule has 0 radical (unpaired) electrons. The van der Waals surface area contributed by atoms with Crippen LogP contribution in [0, 0.1) is 13.8 Å². The molecule has 0 aromatic heterocycles. The first-order valence-corrected chi connectivity index (χ1v) is 7.64. The first-order valence-electron chi connectivity index (χ1n) is 6.20. The van der Waals surface area contributed by atoms with E-state index in [2.05, 4.69) is 5.32 Å². The molecule has 0 spiro atoms. The van der Waals surface area contributed by atoms with Crippen molar-refractivity contribution in [2.45, 2.75) is 31.2 Å². The Bertz CT molecular complexity index is 540. The highest BCUT2D eigenvalue weighted by atomic mass is 32.2. The molecule has 2 rings (SSSR count). The Hall–Kier alpha value is -0.910. The molecule has 0 amide bonds. The predicted molar refractivity (Wildman–Crippen MR) is 72.1 cm³/mol. The predicted octanol–water partition coefficient (Wildman–Crippen LogP) is 1.29. The van der Waals surface area contributed by atoms with Gasteiger partial charge in [0.25, 0.3) is 0 Å². The summed E-state index contributed by atoms with van der Waals surface area (Å²) in [4.78, 5) is 0.444. The molecule has 1 atom stereocenters. The van der Waals surface area contributed by atoms with Gasteiger partial charge in [0.2, 0.25) is 10.0 Å². The molecule has 0 saturated carbocycles. The van der Waals surface area contributed by atoms with Crippen LogP contribution in [0.1, 0.15) is 17.5 Å². The Morgan fingerprint density at radius 2 is 2.06 bits per heavy atom. The number of nitrogens with zero attached hydrogens (tertiary/aromatic N) is 1. The van der Waals surface area contributed by atoms with E-state index < -0.39 is 10.0 Å². The summed E-state index contributed by atoms with van der Waals surface area (Å²) in [7, 11) is -1.47. The van der Waals surface area contributed by atoms with Gasteiger partial charge >= 0.3 is 0 Å². The van der Waals surface area contributed by atoms with E-state index in [1.165, 1.54) is 0 Å². The van der Waals surface area contributed by atoms with Crippen LogP contribution in [0.2, 0.25) is 0 Å². The summed E-state index contributed by atoms with van der Waals surface area (Å²) in [6.45, 7) is 4.92. The standard InChI is InChI=1S/C13H20N2O2S/c1-10-4-5-11(2)13(8-10)18(16,17)15-7-6-12(9-15)14-3/h4-5,8,12,14H,6-7,9H2,1-3H3. The van der Waals surface area contributed by atoms with Gasteiger partial charge < -0.3 is 5.32 Å². The van der Waals surface area contributed by atoms with E-state index in [1.54, 1.807) is 10.4 Å². The van der Waals surface area contributed by atoms with Gasteiger partial charge in [0.1, 0.15) is 0 Å². The molecule has 1 aromatic carbocycles. The van der Waals surface area contributed by atoms with Crippen LogP contribution >= 0.6 is 0 Å². The Kier molecular flexibility index (Phi) is 3.75. The van der Waals surface area contributed by atoms with Crippen LogP contribution in [0.25, 0.3) is 0 Å². The minimum Gasteiger partial charge on any atom is -0.316 e. The number of benzene rings is 1. The van der Waals surface area contributed by atoms with Gasteiger partial charge in [-0.2, -0.15) is 4.31 Å². The van der Waals surface area contributed by atoms with Crippen molar-refractivity contribution < 1.29 is 8.42 Å². The molecule has 1 N–H and O–H groups in total. The molecule has 0 bridgehead atoms. The highest BCUT2D eigenvalue weighted by Crippen LogP contribution is 2.24. The quantitative estimate of drug-likeness (QED) is 0.898. The van der Waals surface area contributed by atoms with Crippen LogP contribution in [0.4, 0.5) is 0 Å². The average molecular weight is 268 g/mol. The van der Waals surface area contributed by atoms with Crippen molar-refractivity contribution in [1.82, 2.24) is 9.62 Å². The number of rotatable bonds is 3. The number of hydrogen-bond donors (Lipinski definition) is 1. The van der Waals surface area contributed by atoms with Gasteiger partial charge in [-0.25, -0.2) is 8.42 Å². The fraction of sp³-hybridized carbons (Fsp3) is 0.538. The Morgan fingerprint density at radius 1 is 1.33 bits per heavy atom. The first kappa shape index (κ1) is 13.5. The van der Waals surface area contributed by atoms with Crippen LogP contribution < -0.4 is 5.32 Å². The van der Waals surface area contributed by atoms with Crippen molar-refractivity contribution in [2.75, 3.05) is 20.1 Å². The van der Waals surface area contributed by atoms with E-state index in [9.17, 15) is 8.42 Å². The zero-order valence-electron chi connectivity index (χ0n) is 11.1. The van der Waals surface area contributed by atoms with Crippen molar-refractivity contribution in [3.05, 3.63) is 29.3 Å². The van der Waals surface area contributed by atoms with Crippen LogP contribution in [-0.4, -0.2) is 38.9 Å². The minimum absolute atomic E-state index is 0.268. The lowest BCUT2D eigenvalue weighted by molar-refractivity contribution is 0.464. The van der Waals surface area contributed by atoms with Crippen LogP contribution in [0.5, 0.6) is 0 Å². The molecule has 1 aliphatic rings. The zero-order chi connectivity index (χ0) is 13.3. The molecular formula is C13H20N2O2S. The summed E-state index contributed by atoms with van der Waals surface area (Å²) in [6, 6.07) is 5.84. The summed E-state index contributed by atoms with van der Waals surface area (Å²) >= 11 is 0. The third kappa shape index (κ3) is 2.43. The molecule has 1 unspecified atom stereocenters. The lowest BCUT2D eigenvalue weighted by Crippen LogP contribution is -2.33. The maximum Gasteiger partial charge on any atom is 0.243 e. The van der Waals surface area contributed by atoms with Crippen LogP contribution in [-0.2, 0) is 10.0 Å². The SMILES string of the molecule is CNC1CCN(S(=O)(=O)c2cc(C)ccc2C)C1. The number of sulfonamides is 1. The van der Waals surface area contributed by atoms with Gasteiger partial charge in [-0.1, -0.05) is 12.1 Å². The fourth-order valence-corrected chi connectivity index (χ4v) is 4.12. The molecule has 1 aliphatic heterocycles. The van der Waals surface area contributed by atoms with Gasteiger partial charge in [0.05, 0.1) is 4.90 Å². The lowest BCUT2D eigenvalue weighted by Gasteiger charge is -2.18. The van der Waals surface area contributed by atoms with Gasteiger partial charge in [-0.3, -0.25) is 0 Å². The highest BCUT2D eigenvalue weighted by molar-refractivity contribution is 7.89. The monoisotopic (exact) mass is 268 g/mol. The van der Waals surface area contributed by atoms with E-state index in [4.69, 9.17) is 0 Å². The number of likely N-dealkylation sites (N-methyl/N-ethyl adjacent to an activating group) is 1. The number of hydrogen-bond acceptors (Lipinski definition) is 3. The summed E-state index contributed by atoms with van der Waals surface area (Å²) < 4.78 is 26.7. The number of nitrogens with one attached hydrogen (secondary N) is 1. The van der Waals surface area contributed by atoms with Crippen molar-refractivity contribution in [1.29, 1.82) is 0 Å². The summed E-state index contributed by atoms with van der Waals surface area (Å²) in [5, 5.41) is 3.14. The van der Waals surface area contributed by atoms with Gasteiger partial charge in [0.15, 0.2) is 0 Å². The smallest absolute Gasteiger partial charge is 0.243 e. The van der Waals surface area contributed by atoms with Crippen molar-refractivity contribution >= 4 is 10.0 Å². The normalized spacial score (nSPS) is 21.4. The maximum absolute atomic E-state index is 12.6.